The Bertz CT molecular complexity index is 594. The van der Waals surface area contributed by atoms with Crippen molar-refractivity contribution < 1.29 is 19.8 Å². The fourth-order valence-corrected chi connectivity index (χ4v) is 3.71. The summed E-state index contributed by atoms with van der Waals surface area (Å²) in [4.78, 5) is 22.3. The molecule has 0 aliphatic heterocycles. The van der Waals surface area contributed by atoms with E-state index < -0.39 is 11.9 Å². The van der Waals surface area contributed by atoms with Crippen LogP contribution in [0.25, 0.3) is 0 Å². The van der Waals surface area contributed by atoms with Crippen LogP contribution >= 0.6 is 0 Å². The normalized spacial score (nSPS) is 10.2. The number of anilines is 1. The molecule has 0 aromatic heterocycles. The van der Waals surface area contributed by atoms with E-state index in [1.54, 1.807) is 0 Å². The van der Waals surface area contributed by atoms with Gasteiger partial charge in [-0.1, -0.05) is 96.8 Å². The van der Waals surface area contributed by atoms with Gasteiger partial charge < -0.3 is 15.5 Å². The second kappa shape index (κ2) is 22.7. The van der Waals surface area contributed by atoms with Crippen LogP contribution in [0.2, 0.25) is 0 Å². The van der Waals surface area contributed by atoms with Gasteiger partial charge in [0.1, 0.15) is 0 Å². The van der Waals surface area contributed by atoms with E-state index in [1.807, 2.05) is 0 Å². The second-order valence-electron chi connectivity index (χ2n) is 8.29. The number of unbranched alkanes of at least 4 members (excludes halogenated alkanes) is 14. The molecule has 174 valence electrons. The summed E-state index contributed by atoms with van der Waals surface area (Å²) in [6, 6.07) is 4.16. The van der Waals surface area contributed by atoms with Gasteiger partial charge in [-0.25, -0.2) is 9.59 Å². The van der Waals surface area contributed by atoms with Crippen molar-refractivity contribution in [3.63, 3.8) is 0 Å². The second-order valence-corrected chi connectivity index (χ2v) is 8.29. The molecule has 1 aromatic carbocycles. The molecule has 0 amide bonds. The number of carboxylic acids is 2. The molecule has 0 unspecified atom stereocenters. The third kappa shape index (κ3) is 17.4. The molecule has 0 aliphatic rings. The fraction of sp³-hybridized carbons (Fsp3) is 0.680. The van der Waals surface area contributed by atoms with Crippen LogP contribution in [0.15, 0.2) is 18.2 Å². The van der Waals surface area contributed by atoms with E-state index in [2.05, 4.69) is 12.2 Å². The first-order valence-electron chi connectivity index (χ1n) is 11.9. The molecule has 1 rings (SSSR count). The minimum absolute atomic E-state index is 0. The Morgan fingerprint density at radius 2 is 0.969 bits per heavy atom. The Balaban J connectivity index is 0. The van der Waals surface area contributed by atoms with Crippen molar-refractivity contribution in [3.8, 4) is 0 Å². The zero-order valence-electron chi connectivity index (χ0n) is 18.8. The number of hydrogen-bond donors (Lipinski definition) is 3. The number of benzene rings is 1. The Morgan fingerprint density at radius 3 is 1.31 bits per heavy atom. The maximum absolute atomic E-state index is 11.1. The molecular weight excluding hydrogens is 424 g/mol. The van der Waals surface area contributed by atoms with Gasteiger partial charge >= 0.3 is 71.1 Å². The summed E-state index contributed by atoms with van der Waals surface area (Å²) in [5.74, 6) is -2.23. The molecule has 0 saturated heterocycles. The minimum atomic E-state index is -1.12. The van der Waals surface area contributed by atoms with E-state index in [0.29, 0.717) is 5.69 Å². The third-order valence-electron chi connectivity index (χ3n) is 5.54. The molecule has 0 bridgehead atoms. The van der Waals surface area contributed by atoms with Crippen molar-refractivity contribution in [3.05, 3.63) is 29.3 Å². The monoisotopic (exact) mass is 467 g/mol. The predicted molar refractivity (Wildman–Crippen MR) is 138 cm³/mol. The Hall–Kier alpha value is -0.0400. The van der Waals surface area contributed by atoms with Crippen LogP contribution in [0, 0.1) is 0 Å². The summed E-state index contributed by atoms with van der Waals surface area (Å²) in [6.45, 7) is 2.98. The third-order valence-corrected chi connectivity index (χ3v) is 5.54. The number of carbonyl (C=O) groups is 2. The van der Waals surface area contributed by atoms with E-state index in [1.165, 1.54) is 102 Å². The average molecular weight is 468 g/mol. The van der Waals surface area contributed by atoms with Gasteiger partial charge in [-0.15, -0.1) is 0 Å². The summed E-state index contributed by atoms with van der Waals surface area (Å²) < 4.78 is 0. The van der Waals surface area contributed by atoms with Gasteiger partial charge in [0.05, 0.1) is 11.1 Å². The molecule has 5 nitrogen and oxygen atoms in total. The molecule has 0 radical (unpaired) electrons. The molecule has 3 N–H and O–H groups in total. The van der Waals surface area contributed by atoms with Crippen molar-refractivity contribution in [2.45, 2.75) is 103 Å². The zero-order chi connectivity index (χ0) is 22.0. The van der Waals surface area contributed by atoms with Crippen molar-refractivity contribution >= 4 is 76.7 Å². The van der Waals surface area contributed by atoms with Crippen molar-refractivity contribution in [2.75, 3.05) is 11.9 Å². The van der Waals surface area contributed by atoms with Crippen LogP contribution in [0.1, 0.15) is 124 Å². The zero-order valence-corrected chi connectivity index (χ0v) is 18.8. The summed E-state index contributed by atoms with van der Waals surface area (Å²) in [5, 5.41) is 21.4. The van der Waals surface area contributed by atoms with Crippen LogP contribution in [-0.2, 0) is 0 Å². The first kappa shape index (κ1) is 34.1. The van der Waals surface area contributed by atoms with E-state index in [-0.39, 0.29) is 70.2 Å². The molecule has 0 fully saturated rings. The first-order valence-corrected chi connectivity index (χ1v) is 11.9. The molecule has 7 heteroatoms. The molecule has 1 aromatic rings. The predicted octanol–water partition coefficient (Wildman–Crippen LogP) is 6.07. The van der Waals surface area contributed by atoms with Crippen molar-refractivity contribution in [1.29, 1.82) is 0 Å². The van der Waals surface area contributed by atoms with Crippen LogP contribution < -0.4 is 5.32 Å². The van der Waals surface area contributed by atoms with Gasteiger partial charge in [0.2, 0.25) is 0 Å². The topological polar surface area (TPSA) is 86.6 Å². The number of aromatic carboxylic acids is 2. The fourth-order valence-electron chi connectivity index (χ4n) is 3.71. The van der Waals surface area contributed by atoms with Crippen LogP contribution in [-0.4, -0.2) is 87.8 Å². The number of rotatable bonds is 19. The number of nitrogens with one attached hydrogen (secondary N) is 1. The molecule has 0 saturated carbocycles. The van der Waals surface area contributed by atoms with Gasteiger partial charge in [0, 0.05) is 12.2 Å². The molecule has 0 heterocycles. The van der Waals surface area contributed by atoms with E-state index >= 15 is 0 Å². The van der Waals surface area contributed by atoms with Gasteiger partial charge in [-0.2, -0.15) is 0 Å². The molecule has 32 heavy (non-hydrogen) atoms. The summed E-state index contributed by atoms with van der Waals surface area (Å²) in [5.41, 5.74) is 0.542. The van der Waals surface area contributed by atoms with E-state index in [4.69, 9.17) is 10.2 Å². The summed E-state index contributed by atoms with van der Waals surface area (Å²) in [6.07, 6.45) is 19.8. The number of hydrogen-bond acceptors (Lipinski definition) is 3. The molecule has 0 aliphatic carbocycles. The van der Waals surface area contributed by atoms with Crippen LogP contribution in [0.5, 0.6) is 0 Å². The average Bonchev–Trinajstić information content (AvgIpc) is 2.73. The van der Waals surface area contributed by atoms with Gasteiger partial charge in [0.15, 0.2) is 0 Å². The Labute approximate surface area is 239 Å². The van der Waals surface area contributed by atoms with Crippen LogP contribution in [0.3, 0.4) is 0 Å². The van der Waals surface area contributed by atoms with E-state index in [9.17, 15) is 9.59 Å². The standard InChI is InChI=1S/C25H41NO4.2Na.2H/c1-2-3-4-5-6-7-8-9-10-11-12-13-14-15-16-17-26-23-19-21(24(27)28)18-22(20-23)25(29)30;;;;/h18-20,26H,2-17H2,1H3,(H,27,28)(H,29,30);;;;. The van der Waals surface area contributed by atoms with E-state index in [0.717, 1.165) is 19.4 Å². The van der Waals surface area contributed by atoms with Crippen molar-refractivity contribution in [1.82, 2.24) is 0 Å². The van der Waals surface area contributed by atoms with Gasteiger partial charge in [-0.3, -0.25) is 0 Å². The first-order chi connectivity index (χ1) is 14.5. The molecule has 0 spiro atoms. The Kier molecular flexibility index (Phi) is 24.3. The SMILES string of the molecule is CCCCCCCCCCCCCCCCCNc1cc(C(=O)O)cc(C(=O)O)c1.[NaH].[NaH]. The van der Waals surface area contributed by atoms with Crippen LogP contribution in [0.4, 0.5) is 5.69 Å². The Morgan fingerprint density at radius 1 is 0.625 bits per heavy atom. The summed E-state index contributed by atoms with van der Waals surface area (Å²) in [7, 11) is 0. The van der Waals surface area contributed by atoms with Crippen molar-refractivity contribution in [2.24, 2.45) is 0 Å². The summed E-state index contributed by atoms with van der Waals surface area (Å²) >= 11 is 0. The quantitative estimate of drug-likeness (QED) is 0.170. The number of carboxylic acid groups (broad SMARTS) is 2. The maximum atomic E-state index is 11.1. The molecule has 0 atom stereocenters. The van der Waals surface area contributed by atoms with Gasteiger partial charge in [-0.05, 0) is 24.6 Å². The molecular formula is C25H43NNa2O4. The van der Waals surface area contributed by atoms with Gasteiger partial charge in [0.25, 0.3) is 0 Å².